The first-order valence-corrected chi connectivity index (χ1v) is 16.3. The van der Waals surface area contributed by atoms with Gasteiger partial charge in [0.2, 0.25) is 0 Å². The van der Waals surface area contributed by atoms with Crippen molar-refractivity contribution in [3.05, 3.63) is 70.5 Å². The van der Waals surface area contributed by atoms with Crippen LogP contribution in [0, 0.1) is 11.3 Å². The summed E-state index contributed by atoms with van der Waals surface area (Å²) in [6, 6.07) is 14.1. The summed E-state index contributed by atoms with van der Waals surface area (Å²) < 4.78 is 0. The number of carbonyl (C=O) groups is 1. The van der Waals surface area contributed by atoms with E-state index < -0.39 is 0 Å². The maximum atomic E-state index is 13.7. The van der Waals surface area contributed by atoms with Crippen molar-refractivity contribution in [1.29, 1.82) is 0 Å². The molecule has 4 N–H and O–H groups in total. The molecule has 0 saturated carbocycles. The summed E-state index contributed by atoms with van der Waals surface area (Å²) in [6.45, 7) is 9.51. The van der Waals surface area contributed by atoms with Crippen LogP contribution in [0.5, 0.6) is 0 Å². The number of anilines is 1. The van der Waals surface area contributed by atoms with Gasteiger partial charge in [0.25, 0.3) is 5.91 Å². The molecule has 9 heteroatoms. The monoisotopic (exact) mass is 598 g/mol. The van der Waals surface area contributed by atoms with Crippen LogP contribution in [0.15, 0.2) is 48.7 Å². The van der Waals surface area contributed by atoms with E-state index in [-0.39, 0.29) is 23.5 Å². The standard InChI is InChI=1S/C34H42N6O2S/c1-34(2,3)25-8-9-27-24(18-25)19-29-32(38-27)43-33(39-29)31(42)37-28(13-17-40-15-11-26(41)12-16-40)22-6-4-21(5-7-22)23-10-14-36-30(35)20-23/h4-7,10,14,19-20,25-26,28,41H,8-9,11-13,15-18H2,1-3H3,(H2,35,36)(H,37,42)/t25-,28?/m0/s1. The molecule has 0 spiro atoms. The lowest BCUT2D eigenvalue weighted by Gasteiger charge is -2.34. The molecule has 0 bridgehead atoms. The van der Waals surface area contributed by atoms with Crippen LogP contribution in [0.25, 0.3) is 21.5 Å². The van der Waals surface area contributed by atoms with E-state index in [1.807, 2.05) is 12.1 Å². The zero-order valence-corrected chi connectivity index (χ0v) is 26.2. The Bertz CT molecular complexity index is 1590. The van der Waals surface area contributed by atoms with Gasteiger partial charge in [-0.1, -0.05) is 56.4 Å². The minimum Gasteiger partial charge on any atom is -0.393 e. The molecule has 0 radical (unpaired) electrons. The average molecular weight is 599 g/mol. The van der Waals surface area contributed by atoms with Crippen molar-refractivity contribution >= 4 is 33.4 Å². The predicted molar refractivity (Wildman–Crippen MR) is 173 cm³/mol. The zero-order valence-electron chi connectivity index (χ0n) is 25.3. The van der Waals surface area contributed by atoms with Crippen molar-refractivity contribution in [3.8, 4) is 11.1 Å². The molecular formula is C34H42N6O2S. The van der Waals surface area contributed by atoms with E-state index in [9.17, 15) is 9.90 Å². The lowest BCUT2D eigenvalue weighted by atomic mass is 9.71. The van der Waals surface area contributed by atoms with Gasteiger partial charge in [0.05, 0.1) is 12.1 Å². The molecule has 1 unspecified atom stereocenters. The molecule has 226 valence electrons. The van der Waals surface area contributed by atoms with E-state index >= 15 is 0 Å². The van der Waals surface area contributed by atoms with Gasteiger partial charge >= 0.3 is 0 Å². The van der Waals surface area contributed by atoms with Gasteiger partial charge in [0.15, 0.2) is 5.01 Å². The first kappa shape index (κ1) is 29.7. The smallest absolute Gasteiger partial charge is 0.280 e. The summed E-state index contributed by atoms with van der Waals surface area (Å²) in [7, 11) is 0. The zero-order chi connectivity index (χ0) is 30.1. The molecule has 43 heavy (non-hydrogen) atoms. The van der Waals surface area contributed by atoms with E-state index in [4.69, 9.17) is 15.7 Å². The number of aliphatic hydroxyl groups excluding tert-OH is 1. The highest BCUT2D eigenvalue weighted by atomic mass is 32.1. The molecule has 2 atom stereocenters. The maximum Gasteiger partial charge on any atom is 0.280 e. The van der Waals surface area contributed by atoms with Gasteiger partial charge in [0.1, 0.15) is 16.2 Å². The maximum absolute atomic E-state index is 13.7. The number of aromatic nitrogens is 3. The van der Waals surface area contributed by atoms with E-state index in [1.54, 1.807) is 6.20 Å². The van der Waals surface area contributed by atoms with Crippen LogP contribution >= 0.6 is 11.3 Å². The number of amides is 1. The van der Waals surface area contributed by atoms with Crippen molar-refractivity contribution in [2.24, 2.45) is 11.3 Å². The molecule has 3 aromatic heterocycles. The topological polar surface area (TPSA) is 117 Å². The number of carbonyl (C=O) groups excluding carboxylic acids is 1. The number of hydrogen-bond donors (Lipinski definition) is 3. The third kappa shape index (κ3) is 6.89. The Labute approximate surface area is 257 Å². The third-order valence-electron chi connectivity index (χ3n) is 9.19. The molecule has 1 aliphatic carbocycles. The lowest BCUT2D eigenvalue weighted by Crippen LogP contribution is -2.38. The fourth-order valence-electron chi connectivity index (χ4n) is 6.38. The van der Waals surface area contributed by atoms with E-state index in [1.165, 1.54) is 16.9 Å². The van der Waals surface area contributed by atoms with Gasteiger partial charge < -0.3 is 21.1 Å². The van der Waals surface area contributed by atoms with Gasteiger partial charge in [-0.3, -0.25) is 4.79 Å². The van der Waals surface area contributed by atoms with Gasteiger partial charge in [0, 0.05) is 31.5 Å². The second-order valence-corrected chi connectivity index (χ2v) is 14.2. The molecule has 1 fully saturated rings. The lowest BCUT2D eigenvalue weighted by molar-refractivity contribution is 0.0795. The molecule has 4 heterocycles. The fraction of sp³-hybridized carbons (Fsp3) is 0.471. The second-order valence-electron chi connectivity index (χ2n) is 13.2. The number of nitrogens with zero attached hydrogens (tertiary/aromatic N) is 4. The number of nitrogens with two attached hydrogens (primary N) is 1. The average Bonchev–Trinajstić information content (AvgIpc) is 3.41. The number of hydrogen-bond acceptors (Lipinski definition) is 8. The number of thiazole rings is 1. The SMILES string of the molecule is CC(C)(C)[C@H]1CCc2nc3sc(C(=O)NC(CCN4CCC(O)CC4)c4ccc(-c5ccnc(N)c5)cc4)nc3cc2C1. The highest BCUT2D eigenvalue weighted by Crippen LogP contribution is 2.38. The molecule has 6 rings (SSSR count). The third-order valence-corrected chi connectivity index (χ3v) is 10.2. The highest BCUT2D eigenvalue weighted by molar-refractivity contribution is 7.19. The Morgan fingerprint density at radius 3 is 2.58 bits per heavy atom. The largest absolute Gasteiger partial charge is 0.393 e. The number of aryl methyl sites for hydroxylation is 1. The van der Waals surface area contributed by atoms with Gasteiger partial charge in [-0.2, -0.15) is 0 Å². The molecule has 8 nitrogen and oxygen atoms in total. The number of fused-ring (bicyclic) bond motifs is 2. The van der Waals surface area contributed by atoms with Crippen LogP contribution in [0.1, 0.15) is 79.1 Å². The minimum absolute atomic E-state index is 0.168. The van der Waals surface area contributed by atoms with Crippen LogP contribution in [-0.4, -0.2) is 56.6 Å². The van der Waals surface area contributed by atoms with Crippen molar-refractivity contribution in [2.45, 2.75) is 71.4 Å². The Morgan fingerprint density at radius 2 is 1.86 bits per heavy atom. The van der Waals surface area contributed by atoms with Crippen LogP contribution in [0.2, 0.25) is 0 Å². The van der Waals surface area contributed by atoms with Crippen molar-refractivity contribution in [2.75, 3.05) is 25.4 Å². The fourth-order valence-corrected chi connectivity index (χ4v) is 7.22. The summed E-state index contributed by atoms with van der Waals surface area (Å²) in [5.74, 6) is 0.934. The van der Waals surface area contributed by atoms with Crippen LogP contribution in [-0.2, 0) is 12.8 Å². The van der Waals surface area contributed by atoms with Gasteiger partial charge in [-0.15, -0.1) is 0 Å². The minimum atomic E-state index is -0.209. The van der Waals surface area contributed by atoms with Crippen LogP contribution < -0.4 is 11.1 Å². The first-order chi connectivity index (χ1) is 20.6. The molecule has 1 aromatic carbocycles. The van der Waals surface area contributed by atoms with E-state index in [0.29, 0.717) is 16.7 Å². The molecule has 1 amide bonds. The summed E-state index contributed by atoms with van der Waals surface area (Å²) in [5, 5.41) is 13.7. The highest BCUT2D eigenvalue weighted by Gasteiger charge is 2.30. The number of nitrogens with one attached hydrogen (secondary N) is 1. The van der Waals surface area contributed by atoms with Crippen molar-refractivity contribution < 1.29 is 9.90 Å². The number of nitrogen functional groups attached to an aromatic ring is 1. The summed E-state index contributed by atoms with van der Waals surface area (Å²) >= 11 is 1.38. The molecular weight excluding hydrogens is 556 g/mol. The number of aliphatic hydroxyl groups is 1. The molecule has 1 saturated heterocycles. The Morgan fingerprint density at radius 1 is 1.09 bits per heavy atom. The first-order valence-electron chi connectivity index (χ1n) is 15.4. The second kappa shape index (κ2) is 12.3. The number of piperidine rings is 1. The Kier molecular flexibility index (Phi) is 8.49. The van der Waals surface area contributed by atoms with Gasteiger partial charge in [-0.05, 0) is 90.3 Å². The predicted octanol–water partition coefficient (Wildman–Crippen LogP) is 5.80. The summed E-state index contributed by atoms with van der Waals surface area (Å²) in [6.07, 6.45) is 6.98. The van der Waals surface area contributed by atoms with Crippen LogP contribution in [0.3, 0.4) is 0 Å². The van der Waals surface area contributed by atoms with Gasteiger partial charge in [-0.25, -0.2) is 15.0 Å². The van der Waals surface area contributed by atoms with E-state index in [0.717, 1.165) is 90.9 Å². The quantitative estimate of drug-likeness (QED) is 0.246. The van der Waals surface area contributed by atoms with Crippen molar-refractivity contribution in [1.82, 2.24) is 25.2 Å². The van der Waals surface area contributed by atoms with Crippen molar-refractivity contribution in [3.63, 3.8) is 0 Å². The summed E-state index contributed by atoms with van der Waals surface area (Å²) in [5.41, 5.74) is 12.5. The molecule has 1 aliphatic heterocycles. The van der Waals surface area contributed by atoms with Crippen LogP contribution in [0.4, 0.5) is 5.82 Å². The number of benzene rings is 1. The number of likely N-dealkylation sites (tertiary alicyclic amines) is 1. The molecule has 4 aromatic rings. The molecule has 2 aliphatic rings. The number of rotatable bonds is 7. The summed E-state index contributed by atoms with van der Waals surface area (Å²) in [4.78, 5) is 30.7. The number of pyridine rings is 2. The normalized spacial score (nSPS) is 18.8. The Hall–Kier alpha value is -3.40. The Balaban J connectivity index is 1.22. The van der Waals surface area contributed by atoms with E-state index in [2.05, 4.69) is 66.3 Å².